The van der Waals surface area contributed by atoms with Crippen molar-refractivity contribution in [2.45, 2.75) is 25.3 Å². The molecule has 2 aromatic rings. The van der Waals surface area contributed by atoms with Crippen molar-refractivity contribution in [2.24, 2.45) is 0 Å². The summed E-state index contributed by atoms with van der Waals surface area (Å²) in [6.45, 7) is 0.806. The highest BCUT2D eigenvalue weighted by Crippen LogP contribution is 2.41. The van der Waals surface area contributed by atoms with E-state index in [9.17, 15) is 0 Å². The van der Waals surface area contributed by atoms with E-state index >= 15 is 0 Å². The Morgan fingerprint density at radius 2 is 1.94 bits per heavy atom. The second-order valence-corrected chi connectivity index (χ2v) is 5.06. The molecule has 0 unspecified atom stereocenters. The van der Waals surface area contributed by atoms with Gasteiger partial charge in [-0.3, -0.25) is 0 Å². The first-order valence-electron chi connectivity index (χ1n) is 6.27. The molecule has 0 spiro atoms. The lowest BCUT2D eigenvalue weighted by Crippen LogP contribution is -2.03. The van der Waals surface area contributed by atoms with Crippen LogP contribution in [0, 0.1) is 0 Å². The number of hydrogen-bond acceptors (Lipinski definition) is 2. The monoisotopic (exact) mass is 258 g/mol. The third kappa shape index (κ3) is 2.65. The number of aromatic nitrogens is 1. The molecule has 0 amide bonds. The van der Waals surface area contributed by atoms with E-state index in [2.05, 4.69) is 34.6 Å². The minimum Gasteiger partial charge on any atom is -0.366 e. The number of nitrogens with zero attached hydrogens (tertiary/aromatic N) is 1. The highest BCUT2D eigenvalue weighted by Gasteiger charge is 2.25. The molecule has 1 N–H and O–H groups in total. The van der Waals surface area contributed by atoms with Crippen molar-refractivity contribution >= 4 is 17.4 Å². The van der Waals surface area contributed by atoms with Crippen LogP contribution in [-0.2, 0) is 6.54 Å². The van der Waals surface area contributed by atoms with Crippen molar-refractivity contribution < 1.29 is 0 Å². The zero-order chi connectivity index (χ0) is 12.4. The summed E-state index contributed by atoms with van der Waals surface area (Å²) in [6.07, 6.45) is 2.65. The number of nitrogens with one attached hydrogen (secondary N) is 1. The molecule has 1 fully saturated rings. The topological polar surface area (TPSA) is 24.9 Å². The molecule has 0 radical (unpaired) electrons. The number of anilines is 1. The predicted octanol–water partition coefficient (Wildman–Crippen LogP) is 4.22. The summed E-state index contributed by atoms with van der Waals surface area (Å²) < 4.78 is 0. The van der Waals surface area contributed by atoms with Crippen molar-refractivity contribution in [1.29, 1.82) is 0 Å². The summed E-state index contributed by atoms with van der Waals surface area (Å²) in [5, 5.41) is 3.85. The van der Waals surface area contributed by atoms with Gasteiger partial charge in [0.25, 0.3) is 0 Å². The Bertz CT molecular complexity index is 550. The molecule has 1 aliphatic carbocycles. The quantitative estimate of drug-likeness (QED) is 0.831. The minimum atomic E-state index is 0.524. The van der Waals surface area contributed by atoms with E-state index < -0.39 is 0 Å². The van der Waals surface area contributed by atoms with Gasteiger partial charge < -0.3 is 5.32 Å². The van der Waals surface area contributed by atoms with Crippen molar-refractivity contribution in [3.63, 3.8) is 0 Å². The molecule has 1 aromatic heterocycles. The molecule has 18 heavy (non-hydrogen) atoms. The van der Waals surface area contributed by atoms with E-state index in [1.165, 1.54) is 24.0 Å². The fraction of sp³-hybridized carbons (Fsp3) is 0.267. The Morgan fingerprint density at radius 1 is 1.11 bits per heavy atom. The lowest BCUT2D eigenvalue weighted by molar-refractivity contribution is 1.03. The normalized spacial score (nSPS) is 14.5. The number of hydrogen-bond donors (Lipinski definition) is 1. The van der Waals surface area contributed by atoms with E-state index in [-0.39, 0.29) is 0 Å². The first kappa shape index (κ1) is 11.5. The third-order valence-corrected chi connectivity index (χ3v) is 3.46. The molecule has 0 bridgehead atoms. The van der Waals surface area contributed by atoms with Gasteiger partial charge in [0.2, 0.25) is 0 Å². The van der Waals surface area contributed by atoms with Gasteiger partial charge in [0.15, 0.2) is 0 Å². The van der Waals surface area contributed by atoms with E-state index in [0.717, 1.165) is 18.3 Å². The lowest BCUT2D eigenvalue weighted by Gasteiger charge is -2.10. The van der Waals surface area contributed by atoms with Gasteiger partial charge in [-0.25, -0.2) is 4.98 Å². The first-order valence-corrected chi connectivity index (χ1v) is 6.65. The number of benzene rings is 1. The van der Waals surface area contributed by atoms with E-state index in [1.54, 1.807) is 6.07 Å². The Balaban J connectivity index is 1.73. The predicted molar refractivity (Wildman–Crippen MR) is 75.0 cm³/mol. The average Bonchev–Trinajstić information content (AvgIpc) is 3.21. The molecular formula is C15H15ClN2. The SMILES string of the molecule is Clc1cccc(NCc2ccccc2C2CC2)n1. The fourth-order valence-corrected chi connectivity index (χ4v) is 2.34. The van der Waals surface area contributed by atoms with Gasteiger partial charge in [-0.05, 0) is 42.0 Å². The number of pyridine rings is 1. The van der Waals surface area contributed by atoms with E-state index in [0.29, 0.717) is 5.15 Å². The van der Waals surface area contributed by atoms with Gasteiger partial charge in [-0.15, -0.1) is 0 Å². The van der Waals surface area contributed by atoms with Gasteiger partial charge in [-0.1, -0.05) is 41.9 Å². The second kappa shape index (κ2) is 4.99. The van der Waals surface area contributed by atoms with Crippen LogP contribution < -0.4 is 5.32 Å². The minimum absolute atomic E-state index is 0.524. The van der Waals surface area contributed by atoms with Crippen molar-refractivity contribution in [1.82, 2.24) is 4.98 Å². The van der Waals surface area contributed by atoms with Crippen molar-refractivity contribution in [2.75, 3.05) is 5.32 Å². The van der Waals surface area contributed by atoms with Crippen LogP contribution in [0.5, 0.6) is 0 Å². The maximum absolute atomic E-state index is 5.87. The molecule has 1 aliphatic rings. The number of halogens is 1. The second-order valence-electron chi connectivity index (χ2n) is 4.67. The molecule has 1 saturated carbocycles. The largest absolute Gasteiger partial charge is 0.366 e. The molecule has 1 heterocycles. The van der Waals surface area contributed by atoms with E-state index in [4.69, 9.17) is 11.6 Å². The first-order chi connectivity index (χ1) is 8.83. The highest BCUT2D eigenvalue weighted by atomic mass is 35.5. The van der Waals surface area contributed by atoms with Crippen LogP contribution in [-0.4, -0.2) is 4.98 Å². The van der Waals surface area contributed by atoms with Gasteiger partial charge in [0, 0.05) is 6.54 Å². The average molecular weight is 259 g/mol. The van der Waals surface area contributed by atoms with Gasteiger partial charge in [0.05, 0.1) is 0 Å². The molecule has 2 nitrogen and oxygen atoms in total. The summed E-state index contributed by atoms with van der Waals surface area (Å²) in [5.41, 5.74) is 2.84. The Labute approximate surface area is 112 Å². The standard InChI is InChI=1S/C15H15ClN2/c16-14-6-3-7-15(18-14)17-10-12-4-1-2-5-13(12)11-8-9-11/h1-7,11H,8-10H2,(H,17,18). The molecule has 3 rings (SSSR count). The smallest absolute Gasteiger partial charge is 0.131 e. The molecule has 1 aromatic carbocycles. The zero-order valence-corrected chi connectivity index (χ0v) is 10.8. The van der Waals surface area contributed by atoms with Gasteiger partial charge >= 0.3 is 0 Å². The molecule has 0 aliphatic heterocycles. The Morgan fingerprint density at radius 3 is 2.72 bits per heavy atom. The van der Waals surface area contributed by atoms with Crippen LogP contribution in [0.15, 0.2) is 42.5 Å². The van der Waals surface area contributed by atoms with Crippen molar-refractivity contribution in [3.05, 3.63) is 58.7 Å². The summed E-state index contributed by atoms with van der Waals surface area (Å²) >= 11 is 5.87. The third-order valence-electron chi connectivity index (χ3n) is 3.25. The lowest BCUT2D eigenvalue weighted by atomic mass is 10.0. The van der Waals surface area contributed by atoms with Crippen LogP contribution in [0.25, 0.3) is 0 Å². The fourth-order valence-electron chi connectivity index (χ4n) is 2.18. The van der Waals surface area contributed by atoms with Gasteiger partial charge in [-0.2, -0.15) is 0 Å². The van der Waals surface area contributed by atoms with Crippen LogP contribution in [0.4, 0.5) is 5.82 Å². The van der Waals surface area contributed by atoms with Crippen molar-refractivity contribution in [3.8, 4) is 0 Å². The molecule has 0 saturated heterocycles. The summed E-state index contributed by atoms with van der Waals surface area (Å²) in [6, 6.07) is 14.3. The zero-order valence-electron chi connectivity index (χ0n) is 10.1. The number of rotatable bonds is 4. The van der Waals surface area contributed by atoms with E-state index in [1.807, 2.05) is 12.1 Å². The van der Waals surface area contributed by atoms with Crippen LogP contribution in [0.3, 0.4) is 0 Å². The van der Waals surface area contributed by atoms with Crippen LogP contribution >= 0.6 is 11.6 Å². The highest BCUT2D eigenvalue weighted by molar-refractivity contribution is 6.29. The molecular weight excluding hydrogens is 244 g/mol. The maximum atomic E-state index is 5.87. The van der Waals surface area contributed by atoms with Crippen LogP contribution in [0.2, 0.25) is 5.15 Å². The summed E-state index contributed by atoms with van der Waals surface area (Å²) in [5.74, 6) is 1.60. The maximum Gasteiger partial charge on any atom is 0.131 e. The summed E-state index contributed by atoms with van der Waals surface area (Å²) in [7, 11) is 0. The summed E-state index contributed by atoms with van der Waals surface area (Å²) in [4.78, 5) is 4.23. The Kier molecular flexibility index (Phi) is 3.20. The molecule has 3 heteroatoms. The Hall–Kier alpha value is -1.54. The molecule has 92 valence electrons. The molecule has 0 atom stereocenters. The van der Waals surface area contributed by atoms with Crippen LogP contribution in [0.1, 0.15) is 29.9 Å². The van der Waals surface area contributed by atoms with Gasteiger partial charge in [0.1, 0.15) is 11.0 Å².